The summed E-state index contributed by atoms with van der Waals surface area (Å²) >= 11 is 0. The Kier molecular flexibility index (Phi) is 5.20. The largest absolute Gasteiger partial charge is 0.324 e. The van der Waals surface area contributed by atoms with Crippen molar-refractivity contribution in [3.8, 4) is 0 Å². The van der Waals surface area contributed by atoms with Crippen LogP contribution in [0.4, 0.5) is 0 Å². The van der Waals surface area contributed by atoms with Gasteiger partial charge in [0.1, 0.15) is 0 Å². The van der Waals surface area contributed by atoms with Crippen molar-refractivity contribution in [2.45, 2.75) is 46.6 Å². The van der Waals surface area contributed by atoms with Gasteiger partial charge in [-0.2, -0.15) is 0 Å². The minimum atomic E-state index is 0.0430. The summed E-state index contributed by atoms with van der Waals surface area (Å²) < 4.78 is 0. The van der Waals surface area contributed by atoms with Gasteiger partial charge in [-0.05, 0) is 68.4 Å². The third-order valence-electron chi connectivity index (χ3n) is 4.31. The quantitative estimate of drug-likeness (QED) is 0.798. The monoisotopic (exact) mass is 293 g/mol. The van der Waals surface area contributed by atoms with Gasteiger partial charge in [0.2, 0.25) is 0 Å². The van der Waals surface area contributed by atoms with Gasteiger partial charge in [0.15, 0.2) is 0 Å². The van der Waals surface area contributed by atoms with Crippen LogP contribution in [0.5, 0.6) is 0 Å². The molecule has 1 atom stereocenters. The van der Waals surface area contributed by atoms with Crippen LogP contribution in [0.25, 0.3) is 0 Å². The number of nitrogens with two attached hydrogens (primary N) is 1. The Morgan fingerprint density at radius 1 is 1.05 bits per heavy atom. The Morgan fingerprint density at radius 2 is 1.68 bits per heavy atom. The van der Waals surface area contributed by atoms with Gasteiger partial charge < -0.3 is 5.73 Å². The second kappa shape index (κ2) is 6.93. The third kappa shape index (κ3) is 4.08. The zero-order valence-electron chi connectivity index (χ0n) is 14.2. The molecule has 2 aromatic carbocycles. The highest BCUT2D eigenvalue weighted by Gasteiger charge is 2.10. The first-order valence-corrected chi connectivity index (χ1v) is 7.92. The van der Waals surface area contributed by atoms with Gasteiger partial charge in [-0.3, -0.25) is 0 Å². The van der Waals surface area contributed by atoms with Crippen LogP contribution in [0.2, 0.25) is 0 Å². The fourth-order valence-electron chi connectivity index (χ4n) is 2.93. The Hall–Kier alpha value is -1.86. The zero-order chi connectivity index (χ0) is 16.3. The van der Waals surface area contributed by atoms with Gasteiger partial charge in [-0.15, -0.1) is 0 Å². The van der Waals surface area contributed by atoms with E-state index in [4.69, 9.17) is 5.73 Å². The Bertz CT molecular complexity index is 659. The summed E-state index contributed by atoms with van der Waals surface area (Å²) in [6.45, 7) is 12.5. The van der Waals surface area contributed by atoms with Crippen molar-refractivity contribution in [1.29, 1.82) is 0 Å². The van der Waals surface area contributed by atoms with E-state index in [1.54, 1.807) is 0 Å². The lowest BCUT2D eigenvalue weighted by atomic mass is 9.91. The molecule has 0 aromatic heterocycles. The Labute approximate surface area is 134 Å². The second-order valence-corrected chi connectivity index (χ2v) is 6.53. The molecule has 22 heavy (non-hydrogen) atoms. The number of hydrogen-bond acceptors (Lipinski definition) is 1. The van der Waals surface area contributed by atoms with Gasteiger partial charge in [-0.1, -0.05) is 54.1 Å². The normalized spacial score (nSPS) is 12.2. The van der Waals surface area contributed by atoms with E-state index < -0.39 is 0 Å². The zero-order valence-corrected chi connectivity index (χ0v) is 14.2. The molecule has 2 N–H and O–H groups in total. The minimum absolute atomic E-state index is 0.0430. The van der Waals surface area contributed by atoms with E-state index in [9.17, 15) is 0 Å². The molecule has 0 aliphatic carbocycles. The van der Waals surface area contributed by atoms with E-state index in [1.165, 1.54) is 33.4 Å². The van der Waals surface area contributed by atoms with E-state index in [2.05, 4.69) is 63.7 Å². The van der Waals surface area contributed by atoms with E-state index in [0.717, 1.165) is 18.4 Å². The number of rotatable bonds is 5. The SMILES string of the molecule is C=C(C)C(N)Cc1cc(C)c(Cc2cccc(C)c2)c(C)c1. The summed E-state index contributed by atoms with van der Waals surface area (Å²) in [7, 11) is 0. The molecule has 2 rings (SSSR count). The maximum absolute atomic E-state index is 6.13. The smallest absolute Gasteiger partial charge is 0.0289 e. The number of benzene rings is 2. The first-order chi connectivity index (χ1) is 10.4. The lowest BCUT2D eigenvalue weighted by Crippen LogP contribution is -2.23. The third-order valence-corrected chi connectivity index (χ3v) is 4.31. The molecule has 1 nitrogen and oxygen atoms in total. The molecular weight excluding hydrogens is 266 g/mol. The van der Waals surface area contributed by atoms with Crippen LogP contribution in [0.3, 0.4) is 0 Å². The highest BCUT2D eigenvalue weighted by atomic mass is 14.6. The summed E-state index contributed by atoms with van der Waals surface area (Å²) in [4.78, 5) is 0. The summed E-state index contributed by atoms with van der Waals surface area (Å²) in [6.07, 6.45) is 1.86. The predicted molar refractivity (Wildman–Crippen MR) is 96.4 cm³/mol. The average Bonchev–Trinajstić information content (AvgIpc) is 2.43. The Morgan fingerprint density at radius 3 is 2.23 bits per heavy atom. The van der Waals surface area contributed by atoms with E-state index in [1.807, 2.05) is 6.92 Å². The van der Waals surface area contributed by atoms with Crippen LogP contribution >= 0.6 is 0 Å². The van der Waals surface area contributed by atoms with Crippen molar-refractivity contribution in [3.05, 3.63) is 81.9 Å². The summed E-state index contributed by atoms with van der Waals surface area (Å²) in [5.74, 6) is 0. The first-order valence-electron chi connectivity index (χ1n) is 7.92. The highest BCUT2D eigenvalue weighted by molar-refractivity contribution is 5.42. The second-order valence-electron chi connectivity index (χ2n) is 6.53. The molecule has 0 bridgehead atoms. The molecular formula is C21H27N. The Balaban J connectivity index is 2.25. The van der Waals surface area contributed by atoms with Crippen molar-refractivity contribution in [3.63, 3.8) is 0 Å². The van der Waals surface area contributed by atoms with Crippen LogP contribution in [-0.2, 0) is 12.8 Å². The molecule has 0 spiro atoms. The van der Waals surface area contributed by atoms with Gasteiger partial charge in [0, 0.05) is 6.04 Å². The van der Waals surface area contributed by atoms with Crippen LogP contribution in [0.1, 0.15) is 40.3 Å². The lowest BCUT2D eigenvalue weighted by Gasteiger charge is -2.16. The van der Waals surface area contributed by atoms with Crippen LogP contribution in [-0.4, -0.2) is 6.04 Å². The van der Waals surface area contributed by atoms with Gasteiger partial charge in [-0.25, -0.2) is 0 Å². The standard InChI is InChI=1S/C21H27N/c1-14(2)21(22)13-19-10-16(4)20(17(5)11-19)12-18-8-6-7-15(3)9-18/h6-11,21H,1,12-13,22H2,2-5H3. The molecule has 0 fully saturated rings. The topological polar surface area (TPSA) is 26.0 Å². The van der Waals surface area contributed by atoms with E-state index in [0.29, 0.717) is 0 Å². The lowest BCUT2D eigenvalue weighted by molar-refractivity contribution is 0.765. The number of aryl methyl sites for hydroxylation is 3. The molecule has 0 aliphatic rings. The van der Waals surface area contributed by atoms with Gasteiger partial charge >= 0.3 is 0 Å². The van der Waals surface area contributed by atoms with Crippen molar-refractivity contribution >= 4 is 0 Å². The maximum Gasteiger partial charge on any atom is 0.0289 e. The molecule has 0 saturated carbocycles. The molecule has 116 valence electrons. The molecule has 0 heterocycles. The van der Waals surface area contributed by atoms with Crippen LogP contribution in [0, 0.1) is 20.8 Å². The minimum Gasteiger partial charge on any atom is -0.324 e. The molecule has 1 heteroatoms. The average molecular weight is 293 g/mol. The van der Waals surface area contributed by atoms with Crippen LogP contribution < -0.4 is 5.73 Å². The fraction of sp³-hybridized carbons (Fsp3) is 0.333. The van der Waals surface area contributed by atoms with Crippen molar-refractivity contribution in [2.75, 3.05) is 0 Å². The van der Waals surface area contributed by atoms with E-state index >= 15 is 0 Å². The van der Waals surface area contributed by atoms with Gasteiger partial charge in [0.05, 0.1) is 0 Å². The van der Waals surface area contributed by atoms with Crippen molar-refractivity contribution < 1.29 is 0 Å². The molecule has 0 radical (unpaired) electrons. The summed E-state index contributed by atoms with van der Waals surface area (Å²) in [6, 6.07) is 13.4. The maximum atomic E-state index is 6.13. The fourth-order valence-corrected chi connectivity index (χ4v) is 2.93. The van der Waals surface area contributed by atoms with Crippen molar-refractivity contribution in [2.24, 2.45) is 5.73 Å². The number of hydrogen-bond donors (Lipinski definition) is 1. The first kappa shape index (κ1) is 16.5. The van der Waals surface area contributed by atoms with Crippen molar-refractivity contribution in [1.82, 2.24) is 0 Å². The molecule has 0 saturated heterocycles. The predicted octanol–water partition coefficient (Wildman–Crippen LogP) is 4.65. The molecule has 1 unspecified atom stereocenters. The van der Waals surface area contributed by atoms with Crippen LogP contribution in [0.15, 0.2) is 48.6 Å². The van der Waals surface area contributed by atoms with Gasteiger partial charge in [0.25, 0.3) is 0 Å². The highest BCUT2D eigenvalue weighted by Crippen LogP contribution is 2.22. The molecule has 2 aromatic rings. The summed E-state index contributed by atoms with van der Waals surface area (Å²) in [5.41, 5.74) is 15.3. The van der Waals surface area contributed by atoms with E-state index in [-0.39, 0.29) is 6.04 Å². The molecule has 0 aliphatic heterocycles. The molecule has 0 amide bonds. The summed E-state index contributed by atoms with van der Waals surface area (Å²) in [5, 5.41) is 0.